The van der Waals surface area contributed by atoms with Crippen molar-refractivity contribution in [3.63, 3.8) is 0 Å². The van der Waals surface area contributed by atoms with Crippen LogP contribution in [0.3, 0.4) is 0 Å². The van der Waals surface area contributed by atoms with Gasteiger partial charge in [-0.3, -0.25) is 0 Å². The maximum absolute atomic E-state index is 9.72. The maximum Gasteiger partial charge on any atom is 0.153 e. The van der Waals surface area contributed by atoms with Crippen molar-refractivity contribution in [3.8, 4) is 15.5 Å². The Labute approximate surface area is 157 Å². The van der Waals surface area contributed by atoms with Crippen molar-refractivity contribution >= 4 is 51.2 Å². The van der Waals surface area contributed by atoms with Gasteiger partial charge in [-0.05, 0) is 45.2 Å². The Bertz CT molecular complexity index is 587. The lowest BCUT2D eigenvalue weighted by Gasteiger charge is -2.02. The van der Waals surface area contributed by atoms with Crippen LogP contribution in [0, 0.1) is 0 Å². The van der Waals surface area contributed by atoms with Crippen LogP contribution in [-0.4, -0.2) is 13.0 Å². The minimum Gasteiger partial charge on any atom is -0.506 e. The van der Waals surface area contributed by atoms with Crippen LogP contribution in [0.2, 0.25) is 0 Å². The summed E-state index contributed by atoms with van der Waals surface area (Å²) >= 11 is 6.85. The van der Waals surface area contributed by atoms with E-state index in [1.807, 2.05) is 17.4 Å². The van der Waals surface area contributed by atoms with Gasteiger partial charge in [0.05, 0.1) is 0 Å². The smallest absolute Gasteiger partial charge is 0.153 e. The van der Waals surface area contributed by atoms with Crippen molar-refractivity contribution in [1.82, 2.24) is 0 Å². The molecule has 2 heterocycles. The van der Waals surface area contributed by atoms with E-state index in [1.54, 1.807) is 11.3 Å². The minimum absolute atomic E-state index is 0.348. The van der Waals surface area contributed by atoms with Gasteiger partial charge in [-0.1, -0.05) is 51.9 Å². The molecule has 2 rings (SSSR count). The number of unbranched alkanes of at least 4 members (excludes halogenated alkanes) is 7. The third-order valence-corrected chi connectivity index (χ3v) is 7.33. The molecule has 2 aromatic rings. The third-order valence-electron chi connectivity index (χ3n) is 4.23. The second-order valence-electron chi connectivity index (χ2n) is 6.19. The van der Waals surface area contributed by atoms with Gasteiger partial charge >= 0.3 is 0 Å². The van der Waals surface area contributed by atoms with E-state index < -0.39 is 0 Å². The van der Waals surface area contributed by atoms with E-state index in [0.717, 1.165) is 8.66 Å². The highest BCUT2D eigenvalue weighted by molar-refractivity contribution is 9.11. The van der Waals surface area contributed by atoms with Crippen LogP contribution in [0.1, 0.15) is 63.9 Å². The van der Waals surface area contributed by atoms with Crippen molar-refractivity contribution in [1.29, 1.82) is 0 Å². The molecule has 0 fully saturated rings. The van der Waals surface area contributed by atoms with Crippen molar-refractivity contribution in [2.45, 2.75) is 64.7 Å². The first-order chi connectivity index (χ1) is 11.1. The number of aryl methyl sites for hydroxylation is 1. The number of hydrogen-bond acceptors (Lipinski definition) is 3. The predicted octanol–water partition coefficient (Wildman–Crippen LogP) is 5.89. The van der Waals surface area contributed by atoms with E-state index in [9.17, 15) is 5.11 Å². The highest BCUT2D eigenvalue weighted by atomic mass is 79.9. The summed E-state index contributed by atoms with van der Waals surface area (Å²) in [4.78, 5) is 2.44. The van der Waals surface area contributed by atoms with E-state index >= 15 is 0 Å². The topological polar surface area (TPSA) is 20.2 Å². The second-order valence-corrected chi connectivity index (χ2v) is 9.81. The average molecular weight is 413 g/mol. The Morgan fingerprint density at radius 1 is 0.957 bits per heavy atom. The Kier molecular flexibility index (Phi) is 8.21. The van der Waals surface area contributed by atoms with Gasteiger partial charge in [-0.2, -0.15) is 0 Å². The van der Waals surface area contributed by atoms with Crippen LogP contribution in [-0.2, 0) is 6.42 Å². The van der Waals surface area contributed by atoms with Crippen LogP contribution in [0.5, 0.6) is 5.75 Å². The molecule has 0 bridgehead atoms. The summed E-state index contributed by atoms with van der Waals surface area (Å²) < 4.78 is 2.25. The molecular formula is C18H26BBrOS2. The molecule has 0 spiro atoms. The molecule has 0 saturated carbocycles. The monoisotopic (exact) mass is 412 g/mol. The highest BCUT2D eigenvalue weighted by Gasteiger charge is 2.12. The van der Waals surface area contributed by atoms with Gasteiger partial charge in [-0.15, -0.1) is 22.7 Å². The summed E-state index contributed by atoms with van der Waals surface area (Å²) in [6.45, 7) is 2.27. The second kappa shape index (κ2) is 9.90. The van der Waals surface area contributed by atoms with Crippen molar-refractivity contribution in [2.75, 3.05) is 0 Å². The summed E-state index contributed by atoms with van der Waals surface area (Å²) in [7, 11) is 2.22. The summed E-state index contributed by atoms with van der Waals surface area (Å²) in [5.74, 6) is 0.348. The Morgan fingerprint density at radius 2 is 1.57 bits per heavy atom. The first-order valence-corrected chi connectivity index (χ1v) is 11.1. The molecule has 0 radical (unpaired) electrons. The molecule has 0 aliphatic rings. The number of hydrogen-bond donors (Lipinski definition) is 1. The molecule has 0 saturated heterocycles. The summed E-state index contributed by atoms with van der Waals surface area (Å²) in [6.07, 6.45) is 12.2. The van der Waals surface area contributed by atoms with Gasteiger partial charge in [0.2, 0.25) is 0 Å². The van der Waals surface area contributed by atoms with E-state index in [1.165, 1.54) is 73.0 Å². The average Bonchev–Trinajstić information content (AvgIpc) is 3.05. The van der Waals surface area contributed by atoms with Gasteiger partial charge in [0.25, 0.3) is 0 Å². The fraction of sp³-hybridized carbons (Fsp3) is 0.556. The van der Waals surface area contributed by atoms with Crippen LogP contribution in [0.4, 0.5) is 0 Å². The van der Waals surface area contributed by atoms with Gasteiger partial charge in [0.1, 0.15) is 9.54 Å². The molecule has 2 aromatic heterocycles. The summed E-state index contributed by atoms with van der Waals surface area (Å²) in [5.41, 5.74) is 1.49. The van der Waals surface area contributed by atoms with Crippen molar-refractivity contribution in [3.05, 3.63) is 21.5 Å². The lowest BCUT2D eigenvalue weighted by atomic mass is 9.97. The Balaban J connectivity index is 1.76. The Morgan fingerprint density at radius 3 is 2.17 bits per heavy atom. The van der Waals surface area contributed by atoms with Crippen LogP contribution in [0.15, 0.2) is 15.9 Å². The van der Waals surface area contributed by atoms with Crippen molar-refractivity contribution in [2.24, 2.45) is 0 Å². The number of aromatic hydroxyl groups is 1. The Hall–Kier alpha value is -0.255. The zero-order valence-electron chi connectivity index (χ0n) is 14.2. The molecule has 5 heteroatoms. The SMILES string of the molecule is Bc1sc(-c2cc(O)c(Br)s2)cc1CCCCCCCCCC. The van der Waals surface area contributed by atoms with Crippen LogP contribution in [0.25, 0.3) is 9.75 Å². The molecule has 0 unspecified atom stereocenters. The standard InChI is InChI=1S/C18H26BBrOS2/c1-2-3-4-5-6-7-8-9-10-13-11-15(22-17(13)19)16-12-14(21)18(20)23-16/h11-12,21H,2-10,19H2,1H3. The van der Waals surface area contributed by atoms with E-state index in [-0.39, 0.29) is 0 Å². The number of thiophene rings is 2. The van der Waals surface area contributed by atoms with E-state index in [2.05, 4.69) is 36.8 Å². The first kappa shape index (κ1) is 19.1. The molecule has 0 aliphatic heterocycles. The molecule has 1 N–H and O–H groups in total. The lowest BCUT2D eigenvalue weighted by Crippen LogP contribution is -2.02. The van der Waals surface area contributed by atoms with Gasteiger partial charge in [-0.25, -0.2) is 0 Å². The molecule has 126 valence electrons. The van der Waals surface area contributed by atoms with Crippen molar-refractivity contribution < 1.29 is 5.11 Å². The molecule has 23 heavy (non-hydrogen) atoms. The highest BCUT2D eigenvalue weighted by Crippen LogP contribution is 2.40. The van der Waals surface area contributed by atoms with E-state index in [4.69, 9.17) is 0 Å². The third kappa shape index (κ3) is 5.95. The fourth-order valence-electron chi connectivity index (χ4n) is 2.82. The zero-order valence-corrected chi connectivity index (χ0v) is 17.4. The fourth-order valence-corrected chi connectivity index (χ4v) is 5.38. The van der Waals surface area contributed by atoms with Crippen LogP contribution < -0.4 is 4.78 Å². The molecule has 0 aliphatic carbocycles. The minimum atomic E-state index is 0.348. The summed E-state index contributed by atoms with van der Waals surface area (Å²) in [6, 6.07) is 4.18. The molecule has 0 amide bonds. The van der Waals surface area contributed by atoms with Crippen LogP contribution >= 0.6 is 38.6 Å². The number of rotatable bonds is 10. The molecular weight excluding hydrogens is 387 g/mol. The summed E-state index contributed by atoms with van der Waals surface area (Å²) in [5, 5.41) is 9.72. The van der Waals surface area contributed by atoms with Gasteiger partial charge in [0.15, 0.2) is 7.85 Å². The first-order valence-electron chi connectivity index (χ1n) is 8.69. The molecule has 0 aromatic carbocycles. The normalized spacial score (nSPS) is 11.2. The van der Waals surface area contributed by atoms with Gasteiger partial charge < -0.3 is 5.11 Å². The molecule has 0 atom stereocenters. The predicted molar refractivity (Wildman–Crippen MR) is 111 cm³/mol. The zero-order chi connectivity index (χ0) is 16.7. The lowest BCUT2D eigenvalue weighted by molar-refractivity contribution is 0.475. The quantitative estimate of drug-likeness (QED) is 0.381. The molecule has 1 nitrogen and oxygen atoms in total. The largest absolute Gasteiger partial charge is 0.506 e. The number of halogens is 1. The van der Waals surface area contributed by atoms with Gasteiger partial charge in [0, 0.05) is 15.8 Å². The maximum atomic E-state index is 9.72. The van der Waals surface area contributed by atoms with E-state index in [0.29, 0.717) is 5.75 Å².